The molecule has 3 nitrogen and oxygen atoms in total. The number of carbonyl (C=O) groups is 1. The standard InChI is InChI=1S/C12H11BrO3/c13-10-7-16-12-8(3-1-5-9(10)12)4-2-6-11(14)15/h1,3,5,7H,2,4,6H2,(H,14,15). The highest BCUT2D eigenvalue weighted by Crippen LogP contribution is 2.29. The maximum absolute atomic E-state index is 10.4. The number of hydrogen-bond acceptors (Lipinski definition) is 2. The number of aliphatic carboxylic acids is 1. The molecule has 0 atom stereocenters. The number of carboxylic acids is 1. The van der Waals surface area contributed by atoms with E-state index >= 15 is 0 Å². The second-order valence-corrected chi connectivity index (χ2v) is 4.48. The van der Waals surface area contributed by atoms with E-state index in [0.29, 0.717) is 6.42 Å². The van der Waals surface area contributed by atoms with Gasteiger partial charge in [-0.05, 0) is 40.4 Å². The Morgan fingerprint density at radius 3 is 3.00 bits per heavy atom. The molecule has 0 bridgehead atoms. The third-order valence-corrected chi connectivity index (χ3v) is 3.08. The predicted molar refractivity (Wildman–Crippen MR) is 64.5 cm³/mol. The summed E-state index contributed by atoms with van der Waals surface area (Å²) in [6.45, 7) is 0. The van der Waals surface area contributed by atoms with Crippen LogP contribution in [0.4, 0.5) is 0 Å². The van der Waals surface area contributed by atoms with Crippen LogP contribution in [-0.2, 0) is 11.2 Å². The van der Waals surface area contributed by atoms with Crippen LogP contribution in [0.15, 0.2) is 33.4 Å². The number of carboxylic acid groups (broad SMARTS) is 1. The smallest absolute Gasteiger partial charge is 0.303 e. The summed E-state index contributed by atoms with van der Waals surface area (Å²) in [5.41, 5.74) is 1.91. The summed E-state index contributed by atoms with van der Waals surface area (Å²) < 4.78 is 6.38. The van der Waals surface area contributed by atoms with Gasteiger partial charge in [-0.2, -0.15) is 0 Å². The molecule has 0 aliphatic carbocycles. The number of hydrogen-bond donors (Lipinski definition) is 1. The first-order chi connectivity index (χ1) is 7.68. The summed E-state index contributed by atoms with van der Waals surface area (Å²) in [5.74, 6) is -0.757. The van der Waals surface area contributed by atoms with Gasteiger partial charge < -0.3 is 9.52 Å². The highest BCUT2D eigenvalue weighted by atomic mass is 79.9. The highest BCUT2D eigenvalue weighted by Gasteiger charge is 2.08. The molecule has 1 aromatic heterocycles. The van der Waals surface area contributed by atoms with Crippen LogP contribution in [0, 0.1) is 0 Å². The van der Waals surface area contributed by atoms with Gasteiger partial charge in [0, 0.05) is 11.8 Å². The van der Waals surface area contributed by atoms with Crippen molar-refractivity contribution in [3.05, 3.63) is 34.5 Å². The molecular weight excluding hydrogens is 272 g/mol. The normalized spacial score (nSPS) is 10.8. The van der Waals surface area contributed by atoms with Crippen LogP contribution in [0.5, 0.6) is 0 Å². The first-order valence-corrected chi connectivity index (χ1v) is 5.84. The van der Waals surface area contributed by atoms with E-state index < -0.39 is 5.97 Å². The summed E-state index contributed by atoms with van der Waals surface area (Å²) >= 11 is 3.40. The zero-order valence-corrected chi connectivity index (χ0v) is 10.2. The lowest BCUT2D eigenvalue weighted by Crippen LogP contribution is -1.95. The Labute approximate surface area is 101 Å². The van der Waals surface area contributed by atoms with Gasteiger partial charge in [-0.15, -0.1) is 0 Å². The zero-order chi connectivity index (χ0) is 11.5. The molecule has 0 amide bonds. The molecule has 1 heterocycles. The van der Waals surface area contributed by atoms with Gasteiger partial charge in [0.15, 0.2) is 0 Å². The second kappa shape index (κ2) is 4.70. The minimum absolute atomic E-state index is 0.193. The SMILES string of the molecule is O=C(O)CCCc1cccc2c(Br)coc12. The zero-order valence-electron chi connectivity index (χ0n) is 8.57. The summed E-state index contributed by atoms with van der Waals surface area (Å²) in [6, 6.07) is 5.91. The molecule has 0 spiro atoms. The third kappa shape index (κ3) is 2.27. The summed E-state index contributed by atoms with van der Waals surface area (Å²) in [6.07, 6.45) is 3.21. The maximum Gasteiger partial charge on any atom is 0.303 e. The Morgan fingerprint density at radius 1 is 1.44 bits per heavy atom. The van der Waals surface area contributed by atoms with Crippen LogP contribution in [0.3, 0.4) is 0 Å². The van der Waals surface area contributed by atoms with Crippen molar-refractivity contribution in [2.24, 2.45) is 0 Å². The average molecular weight is 283 g/mol. The maximum atomic E-state index is 10.4. The molecule has 0 fully saturated rings. The lowest BCUT2D eigenvalue weighted by atomic mass is 10.1. The Morgan fingerprint density at radius 2 is 2.25 bits per heavy atom. The second-order valence-electron chi connectivity index (χ2n) is 3.62. The van der Waals surface area contributed by atoms with Crippen LogP contribution in [0.25, 0.3) is 11.0 Å². The number of aryl methyl sites for hydroxylation is 1. The fraction of sp³-hybridized carbons (Fsp3) is 0.250. The van der Waals surface area contributed by atoms with Crippen molar-refractivity contribution < 1.29 is 14.3 Å². The Bertz CT molecular complexity index is 516. The average Bonchev–Trinajstić information content (AvgIpc) is 2.61. The quantitative estimate of drug-likeness (QED) is 0.932. The highest BCUT2D eigenvalue weighted by molar-refractivity contribution is 9.10. The van der Waals surface area contributed by atoms with Gasteiger partial charge in [0.1, 0.15) is 11.8 Å². The van der Waals surface area contributed by atoms with Crippen LogP contribution < -0.4 is 0 Å². The first kappa shape index (κ1) is 11.2. The van der Waals surface area contributed by atoms with Crippen LogP contribution in [0.1, 0.15) is 18.4 Å². The van der Waals surface area contributed by atoms with Crippen molar-refractivity contribution in [3.63, 3.8) is 0 Å². The van der Waals surface area contributed by atoms with Gasteiger partial charge in [-0.3, -0.25) is 4.79 Å². The third-order valence-electron chi connectivity index (χ3n) is 2.47. The molecule has 84 valence electrons. The summed E-state index contributed by atoms with van der Waals surface area (Å²) in [5, 5.41) is 9.61. The van der Waals surface area contributed by atoms with Crippen LogP contribution >= 0.6 is 15.9 Å². The molecule has 0 unspecified atom stereocenters. The van der Waals surface area contributed by atoms with Gasteiger partial charge in [-0.25, -0.2) is 0 Å². The van der Waals surface area contributed by atoms with E-state index in [1.807, 2.05) is 18.2 Å². The largest absolute Gasteiger partial charge is 0.481 e. The first-order valence-electron chi connectivity index (χ1n) is 5.05. The summed E-state index contributed by atoms with van der Waals surface area (Å²) in [4.78, 5) is 10.4. The van der Waals surface area contributed by atoms with Gasteiger partial charge in [-0.1, -0.05) is 12.1 Å². The Balaban J connectivity index is 2.20. The van der Waals surface area contributed by atoms with Gasteiger partial charge in [0.25, 0.3) is 0 Å². The number of benzene rings is 1. The molecule has 2 rings (SSSR count). The van der Waals surface area contributed by atoms with E-state index in [9.17, 15) is 4.79 Å². The van der Waals surface area contributed by atoms with E-state index in [1.165, 1.54) is 0 Å². The van der Waals surface area contributed by atoms with Gasteiger partial charge >= 0.3 is 5.97 Å². The van der Waals surface area contributed by atoms with Crippen molar-refractivity contribution >= 4 is 32.9 Å². The summed E-state index contributed by atoms with van der Waals surface area (Å²) in [7, 11) is 0. The van der Waals surface area contributed by atoms with Gasteiger partial charge in [0.05, 0.1) is 4.47 Å². The van der Waals surface area contributed by atoms with Crippen molar-refractivity contribution in [2.45, 2.75) is 19.3 Å². The lowest BCUT2D eigenvalue weighted by Gasteiger charge is -2.00. The van der Waals surface area contributed by atoms with E-state index in [0.717, 1.165) is 27.4 Å². The Kier molecular flexibility index (Phi) is 3.29. The Hall–Kier alpha value is -1.29. The monoisotopic (exact) mass is 282 g/mol. The van der Waals surface area contributed by atoms with Gasteiger partial charge in [0.2, 0.25) is 0 Å². The van der Waals surface area contributed by atoms with E-state index in [-0.39, 0.29) is 6.42 Å². The fourth-order valence-electron chi connectivity index (χ4n) is 1.71. The van der Waals surface area contributed by atoms with E-state index in [4.69, 9.17) is 9.52 Å². The number of rotatable bonds is 4. The molecule has 4 heteroatoms. The molecule has 2 aromatic rings. The molecular formula is C12H11BrO3. The van der Waals surface area contributed by atoms with Crippen molar-refractivity contribution in [1.29, 1.82) is 0 Å². The van der Waals surface area contributed by atoms with Crippen LogP contribution in [-0.4, -0.2) is 11.1 Å². The molecule has 0 radical (unpaired) electrons. The number of furan rings is 1. The predicted octanol–water partition coefficient (Wildman–Crippen LogP) is 3.60. The van der Waals surface area contributed by atoms with E-state index in [1.54, 1.807) is 6.26 Å². The van der Waals surface area contributed by atoms with Crippen LogP contribution in [0.2, 0.25) is 0 Å². The topological polar surface area (TPSA) is 50.4 Å². The minimum Gasteiger partial charge on any atom is -0.481 e. The number of halogens is 1. The number of fused-ring (bicyclic) bond motifs is 1. The molecule has 0 saturated heterocycles. The lowest BCUT2D eigenvalue weighted by molar-refractivity contribution is -0.137. The minimum atomic E-state index is -0.757. The van der Waals surface area contributed by atoms with Crippen molar-refractivity contribution in [2.75, 3.05) is 0 Å². The molecule has 16 heavy (non-hydrogen) atoms. The molecule has 0 aliphatic rings. The molecule has 0 saturated carbocycles. The number of para-hydroxylation sites is 1. The molecule has 1 N–H and O–H groups in total. The molecule has 0 aliphatic heterocycles. The fourth-order valence-corrected chi connectivity index (χ4v) is 2.12. The van der Waals surface area contributed by atoms with Crippen molar-refractivity contribution in [1.82, 2.24) is 0 Å². The van der Waals surface area contributed by atoms with Crippen molar-refractivity contribution in [3.8, 4) is 0 Å². The van der Waals surface area contributed by atoms with E-state index in [2.05, 4.69) is 15.9 Å². The molecule has 1 aromatic carbocycles.